The van der Waals surface area contributed by atoms with Crippen LogP contribution >= 0.6 is 0 Å². The third-order valence-electron chi connectivity index (χ3n) is 4.30. The van der Waals surface area contributed by atoms with Crippen LogP contribution in [-0.4, -0.2) is 35.3 Å². The molecule has 7 heteroatoms. The van der Waals surface area contributed by atoms with Crippen LogP contribution < -0.4 is 15.4 Å². The Labute approximate surface area is 169 Å². The second-order valence-corrected chi connectivity index (χ2v) is 6.37. The molecule has 0 spiro atoms. The highest BCUT2D eigenvalue weighted by Crippen LogP contribution is 2.18. The lowest BCUT2D eigenvalue weighted by molar-refractivity contribution is 0.100. The summed E-state index contributed by atoms with van der Waals surface area (Å²) in [6.45, 7) is 2.13. The van der Waals surface area contributed by atoms with Gasteiger partial charge in [-0.2, -0.15) is 0 Å². The number of Topliss-reactive ketones (excluding diaryl/α,β-unsaturated/α-hetero) is 1. The zero-order valence-corrected chi connectivity index (χ0v) is 16.3. The average molecular weight is 390 g/mol. The number of ketones is 1. The Balaban J connectivity index is 1.56. The summed E-state index contributed by atoms with van der Waals surface area (Å²) in [4.78, 5) is 32.2. The fourth-order valence-corrected chi connectivity index (χ4v) is 2.78. The van der Waals surface area contributed by atoms with E-state index in [-0.39, 0.29) is 11.5 Å². The van der Waals surface area contributed by atoms with Gasteiger partial charge >= 0.3 is 0 Å². The minimum absolute atomic E-state index is 0.0653. The molecule has 0 bridgehead atoms. The highest BCUT2D eigenvalue weighted by molar-refractivity contribution is 6.03. The molecule has 29 heavy (non-hydrogen) atoms. The third-order valence-corrected chi connectivity index (χ3v) is 4.30. The number of nitrogens with one attached hydrogen (secondary N) is 2. The maximum Gasteiger partial charge on any atom is 0.275 e. The first kappa shape index (κ1) is 20.0. The molecule has 0 saturated heterocycles. The number of hydrogen-bond acceptors (Lipinski definition) is 6. The molecule has 1 aromatic heterocycles. The van der Waals surface area contributed by atoms with Crippen LogP contribution in [0.3, 0.4) is 0 Å². The summed E-state index contributed by atoms with van der Waals surface area (Å²) in [7, 11) is 1.65. The van der Waals surface area contributed by atoms with Crippen molar-refractivity contribution in [3.8, 4) is 5.75 Å². The Kier molecular flexibility index (Phi) is 6.52. The van der Waals surface area contributed by atoms with E-state index in [2.05, 4.69) is 20.6 Å². The normalized spacial score (nSPS) is 10.3. The zero-order valence-electron chi connectivity index (χ0n) is 16.3. The summed E-state index contributed by atoms with van der Waals surface area (Å²) < 4.78 is 5.34. The van der Waals surface area contributed by atoms with Crippen molar-refractivity contribution in [2.45, 2.75) is 13.3 Å². The van der Waals surface area contributed by atoms with Gasteiger partial charge in [-0.25, -0.2) is 9.97 Å². The number of rotatable bonds is 8. The van der Waals surface area contributed by atoms with Crippen LogP contribution in [0.4, 0.5) is 11.5 Å². The molecule has 0 fully saturated rings. The average Bonchev–Trinajstić information content (AvgIpc) is 2.74. The fraction of sp³-hybridized carbons (Fsp3) is 0.182. The summed E-state index contributed by atoms with van der Waals surface area (Å²) in [6.07, 6.45) is 3.69. The van der Waals surface area contributed by atoms with E-state index in [9.17, 15) is 9.59 Å². The minimum Gasteiger partial charge on any atom is -0.496 e. The summed E-state index contributed by atoms with van der Waals surface area (Å²) in [5.41, 5.74) is 2.35. The van der Waals surface area contributed by atoms with Crippen molar-refractivity contribution < 1.29 is 14.3 Å². The molecule has 0 aliphatic rings. The van der Waals surface area contributed by atoms with Gasteiger partial charge in [0, 0.05) is 17.8 Å². The highest BCUT2D eigenvalue weighted by atomic mass is 16.5. The highest BCUT2D eigenvalue weighted by Gasteiger charge is 2.10. The second kappa shape index (κ2) is 9.45. The van der Waals surface area contributed by atoms with Gasteiger partial charge in [0.25, 0.3) is 5.91 Å². The van der Waals surface area contributed by atoms with Crippen LogP contribution in [0.15, 0.2) is 60.9 Å². The summed E-state index contributed by atoms with van der Waals surface area (Å²) in [6, 6.07) is 14.6. The Morgan fingerprint density at radius 1 is 1.03 bits per heavy atom. The van der Waals surface area contributed by atoms with Crippen molar-refractivity contribution in [3.05, 3.63) is 77.7 Å². The molecule has 0 aliphatic carbocycles. The lowest BCUT2D eigenvalue weighted by Gasteiger charge is -2.09. The number of carbonyl (C=O) groups is 2. The van der Waals surface area contributed by atoms with Crippen molar-refractivity contribution >= 4 is 23.2 Å². The molecule has 0 radical (unpaired) electrons. The number of hydrogen-bond donors (Lipinski definition) is 2. The SMILES string of the molecule is COc1ccccc1CCNc1cnc(C(=O)Nc2cccc(C(C)=O)c2)cn1. The molecule has 3 rings (SSSR count). The first-order valence-electron chi connectivity index (χ1n) is 9.17. The second-order valence-electron chi connectivity index (χ2n) is 6.37. The van der Waals surface area contributed by atoms with Gasteiger partial charge in [0.2, 0.25) is 0 Å². The van der Waals surface area contributed by atoms with E-state index in [0.29, 0.717) is 23.6 Å². The largest absolute Gasteiger partial charge is 0.496 e. The summed E-state index contributed by atoms with van der Waals surface area (Å²) >= 11 is 0. The molecule has 2 N–H and O–H groups in total. The van der Waals surface area contributed by atoms with Crippen LogP contribution in [-0.2, 0) is 6.42 Å². The predicted octanol–water partition coefficient (Wildman–Crippen LogP) is 3.59. The lowest BCUT2D eigenvalue weighted by Crippen LogP contribution is -2.15. The number of amides is 1. The molecule has 7 nitrogen and oxygen atoms in total. The molecule has 1 heterocycles. The zero-order chi connectivity index (χ0) is 20.6. The molecular weight excluding hydrogens is 368 g/mol. The van der Waals surface area contributed by atoms with Crippen LogP contribution in [0, 0.1) is 0 Å². The molecule has 0 atom stereocenters. The van der Waals surface area contributed by atoms with Crippen LogP contribution in [0.1, 0.15) is 33.3 Å². The van der Waals surface area contributed by atoms with Gasteiger partial charge in [0.05, 0.1) is 19.5 Å². The van der Waals surface area contributed by atoms with E-state index < -0.39 is 5.91 Å². The molecule has 2 aromatic carbocycles. The molecule has 1 amide bonds. The van der Waals surface area contributed by atoms with E-state index in [1.54, 1.807) is 31.4 Å². The van der Waals surface area contributed by atoms with E-state index in [0.717, 1.165) is 17.7 Å². The first-order valence-corrected chi connectivity index (χ1v) is 9.17. The number of anilines is 2. The number of carbonyl (C=O) groups excluding carboxylic acids is 2. The third kappa shape index (κ3) is 5.38. The topological polar surface area (TPSA) is 93.2 Å². The van der Waals surface area contributed by atoms with Crippen molar-refractivity contribution in [2.24, 2.45) is 0 Å². The van der Waals surface area contributed by atoms with Gasteiger partial charge in [-0.05, 0) is 37.1 Å². The lowest BCUT2D eigenvalue weighted by atomic mass is 10.1. The van der Waals surface area contributed by atoms with Crippen LogP contribution in [0.5, 0.6) is 5.75 Å². The summed E-state index contributed by atoms with van der Waals surface area (Å²) in [5, 5.41) is 5.90. The van der Waals surface area contributed by atoms with E-state index in [1.807, 2.05) is 24.3 Å². The number of para-hydroxylation sites is 1. The van der Waals surface area contributed by atoms with Crippen molar-refractivity contribution in [2.75, 3.05) is 24.3 Å². The minimum atomic E-state index is -0.390. The maximum absolute atomic E-state index is 12.3. The molecule has 0 unspecified atom stereocenters. The Hall–Kier alpha value is -3.74. The van der Waals surface area contributed by atoms with E-state index >= 15 is 0 Å². The maximum atomic E-state index is 12.3. The van der Waals surface area contributed by atoms with E-state index in [1.165, 1.54) is 19.3 Å². The van der Waals surface area contributed by atoms with Gasteiger partial charge in [0.1, 0.15) is 17.3 Å². The number of nitrogens with zero attached hydrogens (tertiary/aromatic N) is 2. The predicted molar refractivity (Wildman–Crippen MR) is 112 cm³/mol. The fourth-order valence-electron chi connectivity index (χ4n) is 2.78. The van der Waals surface area contributed by atoms with Gasteiger partial charge < -0.3 is 15.4 Å². The van der Waals surface area contributed by atoms with Gasteiger partial charge in [0.15, 0.2) is 5.78 Å². The Bertz CT molecular complexity index is 1000. The molecule has 0 saturated carbocycles. The quantitative estimate of drug-likeness (QED) is 0.571. The van der Waals surface area contributed by atoms with Crippen molar-refractivity contribution in [1.82, 2.24) is 9.97 Å². The molecule has 148 valence electrons. The molecule has 3 aromatic rings. The number of ether oxygens (including phenoxy) is 1. The van der Waals surface area contributed by atoms with Gasteiger partial charge in [-0.3, -0.25) is 9.59 Å². The first-order chi connectivity index (χ1) is 14.1. The van der Waals surface area contributed by atoms with Crippen LogP contribution in [0.25, 0.3) is 0 Å². The van der Waals surface area contributed by atoms with Crippen molar-refractivity contribution in [3.63, 3.8) is 0 Å². The standard InChI is InChI=1S/C22H22N4O3/c1-15(27)17-7-5-8-18(12-17)26-22(28)19-13-25-21(14-24-19)23-11-10-16-6-3-4-9-20(16)29-2/h3-9,12-14H,10-11H2,1-2H3,(H,23,25)(H,26,28). The summed E-state index contributed by atoms with van der Waals surface area (Å²) in [5.74, 6) is 0.972. The number of methoxy groups -OCH3 is 1. The van der Waals surface area contributed by atoms with Gasteiger partial charge in [-0.1, -0.05) is 30.3 Å². The van der Waals surface area contributed by atoms with E-state index in [4.69, 9.17) is 4.74 Å². The molecular formula is C22H22N4O3. The van der Waals surface area contributed by atoms with Gasteiger partial charge in [-0.15, -0.1) is 0 Å². The van der Waals surface area contributed by atoms with Crippen molar-refractivity contribution in [1.29, 1.82) is 0 Å². The van der Waals surface area contributed by atoms with Crippen LogP contribution in [0.2, 0.25) is 0 Å². The number of benzene rings is 2. The Morgan fingerprint density at radius 2 is 1.86 bits per heavy atom. The molecule has 0 aliphatic heterocycles. The monoisotopic (exact) mass is 390 g/mol. The number of aromatic nitrogens is 2. The smallest absolute Gasteiger partial charge is 0.275 e. The Morgan fingerprint density at radius 3 is 2.59 bits per heavy atom.